The molecule has 0 radical (unpaired) electrons. The lowest BCUT2D eigenvalue weighted by atomic mass is 10.1. The first-order valence-electron chi connectivity index (χ1n) is 10.1. The number of nitrogens with one attached hydrogen (secondary N) is 1. The van der Waals surface area contributed by atoms with Gasteiger partial charge in [0.15, 0.2) is 0 Å². The van der Waals surface area contributed by atoms with Crippen molar-refractivity contribution < 1.29 is 18.8 Å². The highest BCUT2D eigenvalue weighted by molar-refractivity contribution is 8.18. The molecule has 1 atom stereocenters. The van der Waals surface area contributed by atoms with Crippen molar-refractivity contribution in [1.82, 2.24) is 10.2 Å². The van der Waals surface area contributed by atoms with Crippen molar-refractivity contribution in [2.75, 3.05) is 24.5 Å². The Hall–Kier alpha value is -3.13. The Kier molecular flexibility index (Phi) is 6.08. The SMILES string of the molecule is CC(C(=O)NCCN1C(=O)SC(=Cc2ccccc2F)C1=O)N1CCc2ccccc21. The number of carbonyl (C=O) groups is 3. The zero-order chi connectivity index (χ0) is 22.0. The number of benzene rings is 2. The lowest BCUT2D eigenvalue weighted by molar-refractivity contribution is -0.124. The monoisotopic (exact) mass is 439 g/mol. The number of halogens is 1. The Bertz CT molecular complexity index is 1070. The molecule has 2 heterocycles. The second-order valence-electron chi connectivity index (χ2n) is 7.39. The van der Waals surface area contributed by atoms with E-state index in [1.807, 2.05) is 25.1 Å². The maximum absolute atomic E-state index is 13.8. The summed E-state index contributed by atoms with van der Waals surface area (Å²) in [6, 6.07) is 13.7. The van der Waals surface area contributed by atoms with Gasteiger partial charge in [-0.05, 0) is 48.9 Å². The predicted octanol–water partition coefficient (Wildman–Crippen LogP) is 3.43. The maximum Gasteiger partial charge on any atom is 0.293 e. The van der Waals surface area contributed by atoms with Crippen molar-refractivity contribution in [2.45, 2.75) is 19.4 Å². The molecule has 1 unspecified atom stereocenters. The van der Waals surface area contributed by atoms with Gasteiger partial charge in [-0.25, -0.2) is 4.39 Å². The zero-order valence-electron chi connectivity index (χ0n) is 17.0. The fourth-order valence-electron chi connectivity index (χ4n) is 3.77. The van der Waals surface area contributed by atoms with Crippen LogP contribution in [0.1, 0.15) is 18.1 Å². The average Bonchev–Trinajstić information content (AvgIpc) is 3.31. The standard InChI is InChI=1S/C23H22FN3O3S/c1-15(26-12-10-16-6-3-5-9-19(16)26)21(28)25-11-13-27-22(29)20(31-23(27)30)14-17-7-2-4-8-18(17)24/h2-9,14-15H,10-13H2,1H3,(H,25,28). The molecule has 1 N–H and O–H groups in total. The van der Waals surface area contributed by atoms with E-state index in [2.05, 4.69) is 16.3 Å². The normalized spacial score (nSPS) is 17.9. The molecule has 0 saturated carbocycles. The number of rotatable bonds is 6. The highest BCUT2D eigenvalue weighted by Crippen LogP contribution is 2.32. The fraction of sp³-hybridized carbons (Fsp3) is 0.261. The molecule has 0 aliphatic carbocycles. The number of imide groups is 1. The predicted molar refractivity (Wildman–Crippen MR) is 119 cm³/mol. The van der Waals surface area contributed by atoms with Gasteiger partial charge in [-0.15, -0.1) is 0 Å². The van der Waals surface area contributed by atoms with Crippen molar-refractivity contribution in [3.05, 3.63) is 70.4 Å². The maximum atomic E-state index is 13.8. The minimum absolute atomic E-state index is 0.0638. The summed E-state index contributed by atoms with van der Waals surface area (Å²) < 4.78 is 13.8. The molecule has 3 amide bonds. The second kappa shape index (κ2) is 8.93. The number of hydrogen-bond acceptors (Lipinski definition) is 5. The van der Waals surface area contributed by atoms with Crippen molar-refractivity contribution in [3.8, 4) is 0 Å². The van der Waals surface area contributed by atoms with Crippen molar-refractivity contribution in [2.24, 2.45) is 0 Å². The molecular formula is C23H22FN3O3S. The quantitative estimate of drug-likeness (QED) is 0.699. The van der Waals surface area contributed by atoms with Crippen LogP contribution in [-0.2, 0) is 16.0 Å². The first kappa shape index (κ1) is 21.1. The summed E-state index contributed by atoms with van der Waals surface area (Å²) in [5.74, 6) is -1.10. The van der Waals surface area contributed by atoms with Crippen LogP contribution in [0.4, 0.5) is 14.9 Å². The third-order valence-corrected chi connectivity index (χ3v) is 6.38. The number of fused-ring (bicyclic) bond motifs is 1. The van der Waals surface area contributed by atoms with Gasteiger partial charge in [-0.3, -0.25) is 19.3 Å². The van der Waals surface area contributed by atoms with Gasteiger partial charge in [0, 0.05) is 30.9 Å². The van der Waals surface area contributed by atoms with E-state index in [0.717, 1.165) is 35.3 Å². The molecule has 2 aliphatic rings. The molecule has 31 heavy (non-hydrogen) atoms. The number of nitrogens with zero attached hydrogens (tertiary/aromatic N) is 2. The van der Waals surface area contributed by atoms with Gasteiger partial charge in [0.05, 0.1) is 4.91 Å². The van der Waals surface area contributed by atoms with Crippen LogP contribution in [0.5, 0.6) is 0 Å². The molecule has 1 saturated heterocycles. The molecule has 0 spiro atoms. The van der Waals surface area contributed by atoms with Crippen LogP contribution in [0, 0.1) is 5.82 Å². The summed E-state index contributed by atoms with van der Waals surface area (Å²) in [7, 11) is 0. The molecular weight excluding hydrogens is 417 g/mol. The largest absolute Gasteiger partial charge is 0.359 e. The van der Waals surface area contributed by atoms with Crippen LogP contribution in [0.2, 0.25) is 0 Å². The van der Waals surface area contributed by atoms with Crippen molar-refractivity contribution >= 4 is 40.6 Å². The summed E-state index contributed by atoms with van der Waals surface area (Å²) in [6.45, 7) is 2.84. The van der Waals surface area contributed by atoms with E-state index < -0.39 is 17.0 Å². The van der Waals surface area contributed by atoms with Crippen molar-refractivity contribution in [1.29, 1.82) is 0 Å². The Morgan fingerprint density at radius 1 is 1.19 bits per heavy atom. The van der Waals surface area contributed by atoms with Crippen LogP contribution in [0.15, 0.2) is 53.4 Å². The Balaban J connectivity index is 1.33. The number of para-hydroxylation sites is 1. The number of anilines is 1. The fourth-order valence-corrected chi connectivity index (χ4v) is 4.63. The molecule has 1 fully saturated rings. The number of hydrogen-bond donors (Lipinski definition) is 1. The van der Waals surface area contributed by atoms with E-state index in [1.54, 1.807) is 18.2 Å². The zero-order valence-corrected chi connectivity index (χ0v) is 17.8. The van der Waals surface area contributed by atoms with E-state index in [4.69, 9.17) is 0 Å². The minimum Gasteiger partial charge on any atom is -0.359 e. The molecule has 2 aromatic rings. The molecule has 6 nitrogen and oxygen atoms in total. The molecule has 2 aliphatic heterocycles. The van der Waals surface area contributed by atoms with Gasteiger partial charge in [0.1, 0.15) is 11.9 Å². The molecule has 160 valence electrons. The van der Waals surface area contributed by atoms with Crippen LogP contribution >= 0.6 is 11.8 Å². The topological polar surface area (TPSA) is 69.7 Å². The van der Waals surface area contributed by atoms with E-state index in [0.29, 0.717) is 0 Å². The van der Waals surface area contributed by atoms with Crippen LogP contribution < -0.4 is 10.2 Å². The summed E-state index contributed by atoms with van der Waals surface area (Å²) in [6.07, 6.45) is 2.28. The number of amides is 3. The van der Waals surface area contributed by atoms with E-state index in [1.165, 1.54) is 17.7 Å². The Morgan fingerprint density at radius 3 is 2.74 bits per heavy atom. The first-order valence-corrected chi connectivity index (χ1v) is 10.9. The molecule has 4 rings (SSSR count). The highest BCUT2D eigenvalue weighted by Gasteiger charge is 2.35. The third kappa shape index (κ3) is 4.34. The van der Waals surface area contributed by atoms with E-state index in [9.17, 15) is 18.8 Å². The molecule has 8 heteroatoms. The third-order valence-electron chi connectivity index (χ3n) is 5.47. The smallest absolute Gasteiger partial charge is 0.293 e. The minimum atomic E-state index is -0.478. The van der Waals surface area contributed by atoms with Gasteiger partial charge in [-0.1, -0.05) is 36.4 Å². The van der Waals surface area contributed by atoms with Gasteiger partial charge < -0.3 is 10.2 Å². The van der Waals surface area contributed by atoms with Crippen molar-refractivity contribution in [3.63, 3.8) is 0 Å². The highest BCUT2D eigenvalue weighted by atomic mass is 32.2. The summed E-state index contributed by atoms with van der Waals surface area (Å²) in [5, 5.41) is 2.39. The number of carbonyl (C=O) groups excluding carboxylic acids is 3. The lowest BCUT2D eigenvalue weighted by Crippen LogP contribution is -2.46. The summed E-state index contributed by atoms with van der Waals surface area (Å²) in [5.41, 5.74) is 2.54. The average molecular weight is 440 g/mol. The van der Waals surface area contributed by atoms with E-state index >= 15 is 0 Å². The number of thioether (sulfide) groups is 1. The van der Waals surface area contributed by atoms with Crippen LogP contribution in [0.25, 0.3) is 6.08 Å². The Morgan fingerprint density at radius 2 is 1.94 bits per heavy atom. The lowest BCUT2D eigenvalue weighted by Gasteiger charge is -2.26. The Labute approximate surface area is 184 Å². The van der Waals surface area contributed by atoms with Gasteiger partial charge in [-0.2, -0.15) is 0 Å². The second-order valence-corrected chi connectivity index (χ2v) is 8.39. The molecule has 0 bridgehead atoms. The van der Waals surface area contributed by atoms with Crippen LogP contribution in [0.3, 0.4) is 0 Å². The van der Waals surface area contributed by atoms with Gasteiger partial charge in [0.2, 0.25) is 5.91 Å². The summed E-state index contributed by atoms with van der Waals surface area (Å²) >= 11 is 0.774. The van der Waals surface area contributed by atoms with Crippen LogP contribution in [-0.4, -0.2) is 47.6 Å². The van der Waals surface area contributed by atoms with E-state index in [-0.39, 0.29) is 35.5 Å². The summed E-state index contributed by atoms with van der Waals surface area (Å²) in [4.78, 5) is 40.7. The molecule has 2 aromatic carbocycles. The van der Waals surface area contributed by atoms with Gasteiger partial charge in [0.25, 0.3) is 11.1 Å². The first-order chi connectivity index (χ1) is 15.0. The molecule has 0 aromatic heterocycles. The van der Waals surface area contributed by atoms with Gasteiger partial charge >= 0.3 is 0 Å².